The van der Waals surface area contributed by atoms with Crippen molar-refractivity contribution in [3.05, 3.63) is 58.7 Å². The fourth-order valence-electron chi connectivity index (χ4n) is 2.51. The van der Waals surface area contributed by atoms with Crippen molar-refractivity contribution >= 4 is 0 Å². The van der Waals surface area contributed by atoms with Crippen LogP contribution >= 0.6 is 0 Å². The minimum atomic E-state index is 0.764. The molecule has 0 heterocycles. The van der Waals surface area contributed by atoms with Gasteiger partial charge in [0.1, 0.15) is 11.5 Å². The molecule has 0 aliphatic carbocycles. The van der Waals surface area contributed by atoms with Crippen LogP contribution in [0, 0.1) is 13.8 Å². The Labute approximate surface area is 126 Å². The highest BCUT2D eigenvalue weighted by Crippen LogP contribution is 2.24. The van der Waals surface area contributed by atoms with Crippen LogP contribution in [0.25, 0.3) is 0 Å². The van der Waals surface area contributed by atoms with E-state index in [9.17, 15) is 0 Å². The highest BCUT2D eigenvalue weighted by molar-refractivity contribution is 5.40. The van der Waals surface area contributed by atoms with Crippen LogP contribution in [0.2, 0.25) is 0 Å². The van der Waals surface area contributed by atoms with Crippen LogP contribution < -0.4 is 14.8 Å². The summed E-state index contributed by atoms with van der Waals surface area (Å²) in [4.78, 5) is 0. The maximum absolute atomic E-state index is 5.41. The molecule has 21 heavy (non-hydrogen) atoms. The zero-order chi connectivity index (χ0) is 15.2. The Morgan fingerprint density at radius 3 is 2.19 bits per heavy atom. The molecule has 0 bridgehead atoms. The molecule has 0 amide bonds. The molecule has 0 saturated carbocycles. The van der Waals surface area contributed by atoms with Gasteiger partial charge in [-0.05, 0) is 25.5 Å². The third-order valence-corrected chi connectivity index (χ3v) is 3.42. The first-order valence-corrected chi connectivity index (χ1v) is 7.11. The molecule has 2 rings (SSSR count). The lowest BCUT2D eigenvalue weighted by atomic mass is 10.1. The molecule has 0 atom stereocenters. The summed E-state index contributed by atoms with van der Waals surface area (Å²) >= 11 is 0. The van der Waals surface area contributed by atoms with Crippen LogP contribution in [0.3, 0.4) is 0 Å². The first-order chi connectivity index (χ1) is 10.1. The summed E-state index contributed by atoms with van der Waals surface area (Å²) in [5, 5.41) is 3.46. The van der Waals surface area contributed by atoms with Crippen molar-refractivity contribution in [3.8, 4) is 11.5 Å². The Balaban J connectivity index is 1.99. The fraction of sp³-hybridized carbons (Fsp3) is 0.333. The van der Waals surface area contributed by atoms with E-state index in [1.54, 1.807) is 14.2 Å². The van der Waals surface area contributed by atoms with Crippen molar-refractivity contribution in [2.24, 2.45) is 0 Å². The molecule has 0 aliphatic heterocycles. The van der Waals surface area contributed by atoms with Crippen molar-refractivity contribution in [2.75, 3.05) is 14.2 Å². The molecule has 3 nitrogen and oxygen atoms in total. The maximum Gasteiger partial charge on any atom is 0.127 e. The molecule has 112 valence electrons. The lowest BCUT2D eigenvalue weighted by Gasteiger charge is -2.12. The minimum Gasteiger partial charge on any atom is -0.497 e. The second-order valence-corrected chi connectivity index (χ2v) is 5.28. The summed E-state index contributed by atoms with van der Waals surface area (Å²) in [6, 6.07) is 12.5. The van der Waals surface area contributed by atoms with E-state index in [-0.39, 0.29) is 0 Å². The van der Waals surface area contributed by atoms with Crippen molar-refractivity contribution in [3.63, 3.8) is 0 Å². The normalized spacial score (nSPS) is 10.5. The lowest BCUT2D eigenvalue weighted by Crippen LogP contribution is -2.13. The smallest absolute Gasteiger partial charge is 0.127 e. The Kier molecular flexibility index (Phi) is 5.23. The Hall–Kier alpha value is -2.00. The van der Waals surface area contributed by atoms with E-state index in [0.717, 1.165) is 30.2 Å². The van der Waals surface area contributed by atoms with Gasteiger partial charge in [0, 0.05) is 24.7 Å². The van der Waals surface area contributed by atoms with E-state index < -0.39 is 0 Å². The van der Waals surface area contributed by atoms with Gasteiger partial charge in [-0.2, -0.15) is 0 Å². The molecular weight excluding hydrogens is 262 g/mol. The zero-order valence-corrected chi connectivity index (χ0v) is 13.2. The van der Waals surface area contributed by atoms with Crippen LogP contribution in [-0.4, -0.2) is 14.2 Å². The van der Waals surface area contributed by atoms with Gasteiger partial charge in [0.25, 0.3) is 0 Å². The quantitative estimate of drug-likeness (QED) is 0.879. The van der Waals surface area contributed by atoms with Gasteiger partial charge in [-0.15, -0.1) is 0 Å². The average Bonchev–Trinajstić information content (AvgIpc) is 2.46. The van der Waals surface area contributed by atoms with Gasteiger partial charge >= 0.3 is 0 Å². The Bertz CT molecular complexity index is 588. The van der Waals surface area contributed by atoms with E-state index in [0.29, 0.717) is 0 Å². The van der Waals surface area contributed by atoms with Crippen molar-refractivity contribution in [1.82, 2.24) is 5.32 Å². The van der Waals surface area contributed by atoms with Crippen molar-refractivity contribution < 1.29 is 9.47 Å². The van der Waals surface area contributed by atoms with Crippen LogP contribution in [0.4, 0.5) is 0 Å². The fourth-order valence-corrected chi connectivity index (χ4v) is 2.51. The third-order valence-electron chi connectivity index (χ3n) is 3.42. The molecule has 0 aliphatic rings. The molecule has 0 aromatic heterocycles. The molecule has 0 radical (unpaired) electrons. The number of hydrogen-bond acceptors (Lipinski definition) is 3. The van der Waals surface area contributed by atoms with E-state index in [1.807, 2.05) is 18.2 Å². The summed E-state index contributed by atoms with van der Waals surface area (Å²) in [5.41, 5.74) is 5.03. The maximum atomic E-state index is 5.41. The topological polar surface area (TPSA) is 30.5 Å². The SMILES string of the molecule is COc1ccc(CNCc2cc(C)cc(C)c2)c(OC)c1. The number of hydrogen-bond donors (Lipinski definition) is 1. The minimum absolute atomic E-state index is 0.764. The first kappa shape index (κ1) is 15.4. The molecule has 3 heteroatoms. The number of benzene rings is 2. The van der Waals surface area contributed by atoms with Gasteiger partial charge < -0.3 is 14.8 Å². The summed E-state index contributed by atoms with van der Waals surface area (Å²) in [7, 11) is 3.34. The summed E-state index contributed by atoms with van der Waals surface area (Å²) in [6.45, 7) is 5.86. The van der Waals surface area contributed by atoms with Crippen LogP contribution in [0.1, 0.15) is 22.3 Å². The highest BCUT2D eigenvalue weighted by Gasteiger charge is 2.05. The van der Waals surface area contributed by atoms with E-state index in [4.69, 9.17) is 9.47 Å². The van der Waals surface area contributed by atoms with Gasteiger partial charge in [-0.3, -0.25) is 0 Å². The lowest BCUT2D eigenvalue weighted by molar-refractivity contribution is 0.390. The highest BCUT2D eigenvalue weighted by atomic mass is 16.5. The molecular formula is C18H23NO2. The van der Waals surface area contributed by atoms with Gasteiger partial charge in [0.05, 0.1) is 14.2 Å². The number of ether oxygens (including phenoxy) is 2. The van der Waals surface area contributed by atoms with E-state index in [2.05, 4.69) is 37.4 Å². The third kappa shape index (κ3) is 4.23. The molecule has 2 aromatic carbocycles. The molecule has 0 fully saturated rings. The van der Waals surface area contributed by atoms with Crippen LogP contribution in [0.15, 0.2) is 36.4 Å². The van der Waals surface area contributed by atoms with Gasteiger partial charge in [0.15, 0.2) is 0 Å². The number of rotatable bonds is 6. The van der Waals surface area contributed by atoms with E-state index in [1.165, 1.54) is 16.7 Å². The summed E-state index contributed by atoms with van der Waals surface area (Å²) < 4.78 is 10.6. The number of methoxy groups -OCH3 is 2. The standard InChI is InChI=1S/C18H23NO2/c1-13-7-14(2)9-15(8-13)11-19-12-16-5-6-17(20-3)10-18(16)21-4/h5-10,19H,11-12H2,1-4H3. The second-order valence-electron chi connectivity index (χ2n) is 5.28. The van der Waals surface area contributed by atoms with Gasteiger partial charge in [-0.1, -0.05) is 35.4 Å². The molecule has 1 N–H and O–H groups in total. The van der Waals surface area contributed by atoms with Crippen LogP contribution in [-0.2, 0) is 13.1 Å². The average molecular weight is 285 g/mol. The molecule has 0 unspecified atom stereocenters. The van der Waals surface area contributed by atoms with E-state index >= 15 is 0 Å². The van der Waals surface area contributed by atoms with Gasteiger partial charge in [-0.25, -0.2) is 0 Å². The monoisotopic (exact) mass is 285 g/mol. The van der Waals surface area contributed by atoms with Crippen molar-refractivity contribution in [2.45, 2.75) is 26.9 Å². The number of aryl methyl sites for hydroxylation is 2. The summed E-state index contributed by atoms with van der Waals surface area (Å²) in [6.07, 6.45) is 0. The summed E-state index contributed by atoms with van der Waals surface area (Å²) in [5.74, 6) is 1.66. The first-order valence-electron chi connectivity index (χ1n) is 7.11. The largest absolute Gasteiger partial charge is 0.497 e. The molecule has 0 spiro atoms. The Morgan fingerprint density at radius 2 is 1.57 bits per heavy atom. The van der Waals surface area contributed by atoms with Gasteiger partial charge in [0.2, 0.25) is 0 Å². The zero-order valence-electron chi connectivity index (χ0n) is 13.2. The molecule has 2 aromatic rings. The Morgan fingerprint density at radius 1 is 0.857 bits per heavy atom. The molecule has 0 saturated heterocycles. The predicted molar refractivity (Wildman–Crippen MR) is 86.0 cm³/mol. The van der Waals surface area contributed by atoms with Crippen LogP contribution in [0.5, 0.6) is 11.5 Å². The number of nitrogens with one attached hydrogen (secondary N) is 1. The predicted octanol–water partition coefficient (Wildman–Crippen LogP) is 3.61. The van der Waals surface area contributed by atoms with Crippen molar-refractivity contribution in [1.29, 1.82) is 0 Å². The second kappa shape index (κ2) is 7.14.